The van der Waals surface area contributed by atoms with Gasteiger partial charge in [0.2, 0.25) is 0 Å². The van der Waals surface area contributed by atoms with E-state index in [2.05, 4.69) is 0 Å². The van der Waals surface area contributed by atoms with Crippen LogP contribution < -0.4 is 0 Å². The second kappa shape index (κ2) is 9.72. The summed E-state index contributed by atoms with van der Waals surface area (Å²) in [4.78, 5) is 0. The average molecular weight is 424 g/mol. The van der Waals surface area contributed by atoms with Gasteiger partial charge >= 0.3 is 7.60 Å². The van der Waals surface area contributed by atoms with Crippen molar-refractivity contribution in [3.63, 3.8) is 0 Å². The van der Waals surface area contributed by atoms with Gasteiger partial charge in [-0.2, -0.15) is 0 Å². The van der Waals surface area contributed by atoms with Gasteiger partial charge in [-0.25, -0.2) is 0 Å². The normalized spacial score (nSPS) is 13.2. The molecule has 0 heterocycles. The van der Waals surface area contributed by atoms with E-state index in [1.54, 1.807) is 13.8 Å². The Labute approximate surface area is 179 Å². The smallest absolute Gasteiger partial charge is 0.341 e. The van der Waals surface area contributed by atoms with Gasteiger partial charge in [0, 0.05) is 0 Å². The van der Waals surface area contributed by atoms with Crippen molar-refractivity contribution in [2.45, 2.75) is 32.0 Å². The fraction of sp³-hybridized carbons (Fsp3) is 0.280. The van der Waals surface area contributed by atoms with Crippen LogP contribution in [0.4, 0.5) is 0 Å². The molecule has 1 N–H and O–H groups in total. The fourth-order valence-electron chi connectivity index (χ4n) is 3.91. The summed E-state index contributed by atoms with van der Waals surface area (Å²) in [6.07, 6.45) is 0. The Kier molecular flexibility index (Phi) is 7.27. The molecule has 0 bridgehead atoms. The first kappa shape index (κ1) is 22.5. The van der Waals surface area contributed by atoms with Gasteiger partial charge in [0.05, 0.1) is 13.2 Å². The molecule has 30 heavy (non-hydrogen) atoms. The van der Waals surface area contributed by atoms with Crippen LogP contribution in [-0.4, -0.2) is 18.3 Å². The molecule has 3 rings (SSSR count). The molecule has 0 amide bonds. The van der Waals surface area contributed by atoms with Crippen molar-refractivity contribution < 1.29 is 18.7 Å². The molecule has 0 aliphatic rings. The fourth-order valence-corrected chi connectivity index (χ4v) is 6.28. The molecule has 158 valence electrons. The maximum absolute atomic E-state index is 14.2. The number of hydrogen-bond acceptors (Lipinski definition) is 4. The summed E-state index contributed by atoms with van der Waals surface area (Å²) in [5.41, 5.74) is 0.381. The highest BCUT2D eigenvalue weighted by Gasteiger charge is 2.53. The lowest BCUT2D eigenvalue weighted by Gasteiger charge is -2.40. The van der Waals surface area contributed by atoms with E-state index >= 15 is 0 Å². The van der Waals surface area contributed by atoms with Gasteiger partial charge < -0.3 is 14.2 Å². The molecule has 0 fully saturated rings. The molecule has 4 nitrogen and oxygen atoms in total. The Morgan fingerprint density at radius 2 is 1.33 bits per heavy atom. The monoisotopic (exact) mass is 424 g/mol. The van der Waals surface area contributed by atoms with Crippen LogP contribution >= 0.6 is 7.60 Å². The molecule has 5 heteroatoms. The summed E-state index contributed by atoms with van der Waals surface area (Å²) in [5.74, 6) is 0. The molecular formula is C25H29O4P. The first-order chi connectivity index (χ1) is 14.5. The topological polar surface area (TPSA) is 55.8 Å². The van der Waals surface area contributed by atoms with E-state index in [4.69, 9.17) is 9.05 Å². The minimum absolute atomic E-state index is 0.208. The minimum atomic E-state index is -3.77. The number of aryl methyl sites for hydroxylation is 1. The zero-order chi connectivity index (χ0) is 21.6. The summed E-state index contributed by atoms with van der Waals surface area (Å²) < 4.78 is 25.8. The standard InChI is InChI=1S/C25H29O4P/c1-4-28-30(27,29-5-2)24(21-14-12-13-20(3)19-21)25(26,22-15-8-6-9-16-22)23-17-10-7-11-18-23/h6-19,24,26H,4-5H2,1-3H3. The van der Waals surface area contributed by atoms with Crippen molar-refractivity contribution in [3.05, 3.63) is 107 Å². The highest BCUT2D eigenvalue weighted by molar-refractivity contribution is 7.54. The van der Waals surface area contributed by atoms with E-state index in [1.807, 2.05) is 91.9 Å². The van der Waals surface area contributed by atoms with Crippen LogP contribution in [0.3, 0.4) is 0 Å². The first-order valence-electron chi connectivity index (χ1n) is 10.2. The summed E-state index contributed by atoms with van der Waals surface area (Å²) in [5, 5.41) is 12.4. The van der Waals surface area contributed by atoms with Crippen LogP contribution in [0.1, 0.15) is 41.8 Å². The Balaban J connectivity index is 2.36. The summed E-state index contributed by atoms with van der Waals surface area (Å²) in [7, 11) is -3.77. The molecule has 0 saturated carbocycles. The van der Waals surface area contributed by atoms with Gasteiger partial charge in [0.25, 0.3) is 0 Å². The average Bonchev–Trinajstić information content (AvgIpc) is 2.75. The van der Waals surface area contributed by atoms with Crippen LogP contribution in [0, 0.1) is 6.92 Å². The molecule has 0 spiro atoms. The SMILES string of the molecule is CCOP(=O)(OCC)C(c1cccc(C)c1)C(O)(c1ccccc1)c1ccccc1. The van der Waals surface area contributed by atoms with Crippen molar-refractivity contribution in [2.24, 2.45) is 0 Å². The quantitative estimate of drug-likeness (QED) is 0.413. The van der Waals surface area contributed by atoms with Crippen LogP contribution in [-0.2, 0) is 19.2 Å². The molecule has 3 aromatic rings. The number of hydrogen-bond donors (Lipinski definition) is 1. The third-order valence-corrected chi connectivity index (χ3v) is 7.66. The first-order valence-corrected chi connectivity index (χ1v) is 11.9. The predicted octanol–water partition coefficient (Wildman–Crippen LogP) is 6.24. The van der Waals surface area contributed by atoms with Gasteiger partial charge in [0.1, 0.15) is 11.3 Å². The molecule has 1 unspecified atom stereocenters. The number of rotatable bonds is 9. The maximum atomic E-state index is 14.2. The molecule has 3 aromatic carbocycles. The van der Waals surface area contributed by atoms with E-state index in [0.29, 0.717) is 16.7 Å². The molecular weight excluding hydrogens is 395 g/mol. The lowest BCUT2D eigenvalue weighted by atomic mass is 9.80. The van der Waals surface area contributed by atoms with Crippen molar-refractivity contribution in [3.8, 4) is 0 Å². The van der Waals surface area contributed by atoms with Gasteiger partial charge in [0.15, 0.2) is 0 Å². The zero-order valence-electron chi connectivity index (χ0n) is 17.7. The Morgan fingerprint density at radius 1 is 0.833 bits per heavy atom. The van der Waals surface area contributed by atoms with Crippen molar-refractivity contribution in [1.82, 2.24) is 0 Å². The van der Waals surface area contributed by atoms with E-state index in [1.165, 1.54) is 0 Å². The maximum Gasteiger partial charge on any atom is 0.341 e. The Hall–Kier alpha value is -2.23. The van der Waals surface area contributed by atoms with E-state index < -0.39 is 18.9 Å². The highest BCUT2D eigenvalue weighted by atomic mass is 31.2. The summed E-state index contributed by atoms with van der Waals surface area (Å²) >= 11 is 0. The second-order valence-corrected chi connectivity index (χ2v) is 9.30. The Bertz CT molecular complexity index is 939. The minimum Gasteiger partial charge on any atom is -0.379 e. The summed E-state index contributed by atoms with van der Waals surface area (Å²) in [6.45, 7) is 5.95. The third-order valence-electron chi connectivity index (χ3n) is 5.12. The van der Waals surface area contributed by atoms with Gasteiger partial charge in [-0.15, -0.1) is 0 Å². The molecule has 0 radical (unpaired) electrons. The Morgan fingerprint density at radius 3 is 1.77 bits per heavy atom. The van der Waals surface area contributed by atoms with Crippen LogP contribution in [0.2, 0.25) is 0 Å². The van der Waals surface area contributed by atoms with Gasteiger partial charge in [-0.1, -0.05) is 90.5 Å². The third kappa shape index (κ3) is 4.43. The van der Waals surface area contributed by atoms with Crippen molar-refractivity contribution in [1.29, 1.82) is 0 Å². The van der Waals surface area contributed by atoms with E-state index in [9.17, 15) is 9.67 Å². The molecule has 0 aromatic heterocycles. The van der Waals surface area contributed by atoms with Gasteiger partial charge in [-0.3, -0.25) is 4.57 Å². The molecule has 1 atom stereocenters. The van der Waals surface area contributed by atoms with E-state index in [0.717, 1.165) is 5.56 Å². The zero-order valence-corrected chi connectivity index (χ0v) is 18.6. The largest absolute Gasteiger partial charge is 0.379 e. The van der Waals surface area contributed by atoms with Crippen LogP contribution in [0.25, 0.3) is 0 Å². The predicted molar refractivity (Wildman–Crippen MR) is 121 cm³/mol. The molecule has 0 aliphatic carbocycles. The lowest BCUT2D eigenvalue weighted by Crippen LogP contribution is -2.36. The highest BCUT2D eigenvalue weighted by Crippen LogP contribution is 2.68. The van der Waals surface area contributed by atoms with Gasteiger partial charge in [-0.05, 0) is 37.5 Å². The molecule has 0 saturated heterocycles. The van der Waals surface area contributed by atoms with Crippen molar-refractivity contribution >= 4 is 7.60 Å². The number of aliphatic hydroxyl groups is 1. The molecule has 0 aliphatic heterocycles. The number of benzene rings is 3. The van der Waals surface area contributed by atoms with Crippen molar-refractivity contribution in [2.75, 3.05) is 13.2 Å². The summed E-state index contributed by atoms with van der Waals surface area (Å²) in [6, 6.07) is 26.3. The second-order valence-electron chi connectivity index (χ2n) is 7.19. The van der Waals surface area contributed by atoms with Crippen LogP contribution in [0.15, 0.2) is 84.9 Å². The lowest BCUT2D eigenvalue weighted by molar-refractivity contribution is 0.0592. The van der Waals surface area contributed by atoms with E-state index in [-0.39, 0.29) is 13.2 Å². The van der Waals surface area contributed by atoms with Crippen LogP contribution in [0.5, 0.6) is 0 Å².